The number of benzene rings is 1. The van der Waals surface area contributed by atoms with Crippen LogP contribution in [0.4, 0.5) is 5.00 Å². The predicted octanol–water partition coefficient (Wildman–Crippen LogP) is 4.37. The van der Waals surface area contributed by atoms with E-state index >= 15 is 0 Å². The average molecular weight is 495 g/mol. The molecule has 3 heterocycles. The topological polar surface area (TPSA) is 103 Å². The Morgan fingerprint density at radius 1 is 1.18 bits per heavy atom. The number of nitrogens with zero attached hydrogens (tertiary/aromatic N) is 3. The molecule has 0 fully saturated rings. The zero-order valence-electron chi connectivity index (χ0n) is 18.8. The normalized spacial score (nSPS) is 10.9. The molecule has 34 heavy (non-hydrogen) atoms. The smallest absolute Gasteiger partial charge is 0.348 e. The van der Waals surface area contributed by atoms with Crippen LogP contribution in [0.5, 0.6) is 0 Å². The van der Waals surface area contributed by atoms with Gasteiger partial charge in [-0.05, 0) is 62.2 Å². The molecule has 0 aliphatic rings. The summed E-state index contributed by atoms with van der Waals surface area (Å²) < 4.78 is 6.48. The number of carbonyl (C=O) groups is 2. The number of anilines is 1. The highest BCUT2D eigenvalue weighted by molar-refractivity contribution is 7.99. The minimum atomic E-state index is -0.407. The maximum absolute atomic E-state index is 13.3. The molecule has 0 saturated carbocycles. The van der Waals surface area contributed by atoms with Crippen molar-refractivity contribution in [3.8, 4) is 5.82 Å². The van der Waals surface area contributed by atoms with Crippen molar-refractivity contribution < 1.29 is 14.3 Å². The van der Waals surface area contributed by atoms with Gasteiger partial charge in [-0.25, -0.2) is 19.3 Å². The Balaban J connectivity index is 1.59. The monoisotopic (exact) mass is 494 g/mol. The Labute approximate surface area is 204 Å². The molecule has 8 nitrogen and oxygen atoms in total. The molecule has 0 radical (unpaired) electrons. The van der Waals surface area contributed by atoms with E-state index in [9.17, 15) is 14.4 Å². The van der Waals surface area contributed by atoms with E-state index in [0.717, 1.165) is 22.9 Å². The van der Waals surface area contributed by atoms with Gasteiger partial charge < -0.3 is 10.1 Å². The molecular formula is C24H22N4O4S2. The second-order valence-electron chi connectivity index (χ2n) is 7.42. The summed E-state index contributed by atoms with van der Waals surface area (Å²) in [5.74, 6) is -0.232. The fourth-order valence-corrected chi connectivity index (χ4v) is 5.08. The number of thiophene rings is 1. The summed E-state index contributed by atoms with van der Waals surface area (Å²) >= 11 is 2.31. The number of aryl methyl sites for hydroxylation is 2. The standard InChI is InChI=1S/C24H22N4O4S2/c1-4-32-23(31)21-15(3)12-20(34-21)27-19(29)13-33-24-26-17-8-6-5-7-16(17)22(30)28(24)18-11-14(2)9-10-25-18/h5-12H,4,13H2,1-3H3,(H,27,29). The van der Waals surface area contributed by atoms with Crippen LogP contribution in [0.3, 0.4) is 0 Å². The summed E-state index contributed by atoms with van der Waals surface area (Å²) in [6.45, 7) is 5.73. The fraction of sp³-hybridized carbons (Fsp3) is 0.208. The van der Waals surface area contributed by atoms with Gasteiger partial charge in [0.2, 0.25) is 5.91 Å². The third kappa shape index (κ3) is 5.02. The first-order valence-corrected chi connectivity index (χ1v) is 12.3. The molecule has 1 N–H and O–H groups in total. The molecule has 1 amide bonds. The minimum absolute atomic E-state index is 0.0162. The lowest BCUT2D eigenvalue weighted by Gasteiger charge is -2.12. The Morgan fingerprint density at radius 2 is 1.97 bits per heavy atom. The number of carbonyl (C=O) groups excluding carboxylic acids is 2. The van der Waals surface area contributed by atoms with Crippen molar-refractivity contribution in [2.75, 3.05) is 17.7 Å². The van der Waals surface area contributed by atoms with E-state index < -0.39 is 5.97 Å². The Morgan fingerprint density at radius 3 is 2.74 bits per heavy atom. The quantitative estimate of drug-likeness (QED) is 0.231. The van der Waals surface area contributed by atoms with E-state index in [2.05, 4.69) is 15.3 Å². The van der Waals surface area contributed by atoms with Crippen LogP contribution in [-0.2, 0) is 9.53 Å². The lowest BCUT2D eigenvalue weighted by molar-refractivity contribution is -0.113. The largest absolute Gasteiger partial charge is 0.462 e. The zero-order chi connectivity index (χ0) is 24.2. The third-order valence-electron chi connectivity index (χ3n) is 4.85. The van der Waals surface area contributed by atoms with Crippen molar-refractivity contribution in [3.63, 3.8) is 0 Å². The number of nitrogens with one attached hydrogen (secondary N) is 1. The van der Waals surface area contributed by atoms with Crippen molar-refractivity contribution in [1.82, 2.24) is 14.5 Å². The number of esters is 1. The number of hydrogen-bond donors (Lipinski definition) is 1. The van der Waals surface area contributed by atoms with Gasteiger partial charge in [0, 0.05) is 6.20 Å². The number of amides is 1. The van der Waals surface area contributed by atoms with Crippen LogP contribution in [0.2, 0.25) is 0 Å². The Bertz CT molecular complexity index is 1440. The molecule has 0 atom stereocenters. The van der Waals surface area contributed by atoms with Crippen molar-refractivity contribution in [1.29, 1.82) is 0 Å². The molecule has 0 bridgehead atoms. The van der Waals surface area contributed by atoms with Crippen LogP contribution in [0.1, 0.15) is 27.7 Å². The summed E-state index contributed by atoms with van der Waals surface area (Å²) in [5, 5.41) is 4.20. The SMILES string of the molecule is CCOC(=O)c1sc(NC(=O)CSc2nc3ccccc3c(=O)n2-c2cc(C)ccn2)cc1C. The van der Waals surface area contributed by atoms with Gasteiger partial charge in [0.05, 0.1) is 28.3 Å². The lowest BCUT2D eigenvalue weighted by Crippen LogP contribution is -2.23. The predicted molar refractivity (Wildman–Crippen MR) is 134 cm³/mol. The molecule has 4 aromatic rings. The number of aromatic nitrogens is 3. The van der Waals surface area contributed by atoms with E-state index in [0.29, 0.717) is 31.8 Å². The fourth-order valence-electron chi connectivity index (χ4n) is 3.30. The summed E-state index contributed by atoms with van der Waals surface area (Å²) in [6.07, 6.45) is 1.63. The number of pyridine rings is 1. The molecule has 0 saturated heterocycles. The van der Waals surface area contributed by atoms with Crippen LogP contribution in [0.25, 0.3) is 16.7 Å². The Kier molecular flexibility index (Phi) is 7.09. The van der Waals surface area contributed by atoms with Crippen LogP contribution in [0.15, 0.2) is 58.6 Å². The second-order valence-corrected chi connectivity index (χ2v) is 9.42. The van der Waals surface area contributed by atoms with Crippen LogP contribution in [0, 0.1) is 13.8 Å². The molecule has 0 aliphatic heterocycles. The molecule has 10 heteroatoms. The highest BCUT2D eigenvalue weighted by Crippen LogP contribution is 2.28. The van der Waals surface area contributed by atoms with Crippen molar-refractivity contribution >= 4 is 50.9 Å². The Hall–Kier alpha value is -3.50. The van der Waals surface area contributed by atoms with Gasteiger partial charge in [-0.3, -0.25) is 9.59 Å². The lowest BCUT2D eigenvalue weighted by atomic mass is 10.2. The summed E-state index contributed by atoms with van der Waals surface area (Å²) in [7, 11) is 0. The van der Waals surface area contributed by atoms with Gasteiger partial charge in [-0.2, -0.15) is 0 Å². The molecule has 0 unspecified atom stereocenters. The van der Waals surface area contributed by atoms with Crippen molar-refractivity contribution in [2.24, 2.45) is 0 Å². The average Bonchev–Trinajstić information content (AvgIpc) is 3.18. The van der Waals surface area contributed by atoms with E-state index in [-0.39, 0.29) is 23.8 Å². The van der Waals surface area contributed by atoms with Gasteiger partial charge in [0.25, 0.3) is 5.56 Å². The highest BCUT2D eigenvalue weighted by atomic mass is 32.2. The molecule has 174 valence electrons. The first kappa shape index (κ1) is 23.7. The zero-order valence-corrected chi connectivity index (χ0v) is 20.5. The number of thioether (sulfide) groups is 1. The van der Waals surface area contributed by atoms with Crippen LogP contribution in [-0.4, -0.2) is 38.8 Å². The molecule has 0 spiro atoms. The molecule has 3 aromatic heterocycles. The first-order chi connectivity index (χ1) is 16.4. The third-order valence-corrected chi connectivity index (χ3v) is 6.92. The van der Waals surface area contributed by atoms with Gasteiger partial charge in [0.15, 0.2) is 5.16 Å². The first-order valence-electron chi connectivity index (χ1n) is 10.5. The second kappa shape index (κ2) is 10.2. The van der Waals surface area contributed by atoms with Crippen molar-refractivity contribution in [2.45, 2.75) is 25.9 Å². The van der Waals surface area contributed by atoms with Crippen molar-refractivity contribution in [3.05, 3.63) is 75.0 Å². The summed E-state index contributed by atoms with van der Waals surface area (Å²) in [5.41, 5.74) is 1.98. The molecule has 4 rings (SSSR count). The van der Waals surface area contributed by atoms with Gasteiger partial charge >= 0.3 is 5.97 Å². The molecule has 1 aromatic carbocycles. The van der Waals surface area contributed by atoms with Gasteiger partial charge in [-0.1, -0.05) is 23.9 Å². The summed E-state index contributed by atoms with van der Waals surface area (Å²) in [6, 6.07) is 12.5. The maximum atomic E-state index is 13.3. The van der Waals surface area contributed by atoms with E-state index in [1.165, 1.54) is 15.9 Å². The van der Waals surface area contributed by atoms with Crippen LogP contribution < -0.4 is 10.9 Å². The molecule has 0 aliphatic carbocycles. The minimum Gasteiger partial charge on any atom is -0.462 e. The summed E-state index contributed by atoms with van der Waals surface area (Å²) in [4.78, 5) is 47.4. The van der Waals surface area contributed by atoms with Gasteiger partial charge in [-0.15, -0.1) is 11.3 Å². The number of hydrogen-bond acceptors (Lipinski definition) is 8. The van der Waals surface area contributed by atoms with E-state index in [4.69, 9.17) is 4.74 Å². The molecular weight excluding hydrogens is 472 g/mol. The number of para-hydroxylation sites is 1. The van der Waals surface area contributed by atoms with Gasteiger partial charge in [0.1, 0.15) is 10.7 Å². The number of fused-ring (bicyclic) bond motifs is 1. The number of rotatable bonds is 7. The maximum Gasteiger partial charge on any atom is 0.348 e. The van der Waals surface area contributed by atoms with E-state index in [1.807, 2.05) is 19.1 Å². The van der Waals surface area contributed by atoms with Crippen LogP contribution >= 0.6 is 23.1 Å². The number of ether oxygens (including phenoxy) is 1. The highest BCUT2D eigenvalue weighted by Gasteiger charge is 2.18. The van der Waals surface area contributed by atoms with E-state index in [1.54, 1.807) is 50.4 Å².